The number of amides is 1. The summed E-state index contributed by atoms with van der Waals surface area (Å²) in [4.78, 5) is 13.8. The first-order chi connectivity index (χ1) is 8.83. The van der Waals surface area contributed by atoms with Crippen LogP contribution in [0.4, 0.5) is 13.2 Å². The third kappa shape index (κ3) is 5.78. The SMILES string of the molecule is CCN1CCC[C@@H]1CNC(=O)[C@@H](C)OCC(F)(F)F. The maximum Gasteiger partial charge on any atom is 0.411 e. The third-order valence-corrected chi connectivity index (χ3v) is 3.28. The molecule has 1 N–H and O–H groups in total. The number of hydrogen-bond acceptors (Lipinski definition) is 3. The molecular formula is C12H21F3N2O2. The fraction of sp³-hybridized carbons (Fsp3) is 0.917. The molecule has 1 amide bonds. The lowest BCUT2D eigenvalue weighted by molar-refractivity contribution is -0.185. The van der Waals surface area contributed by atoms with Crippen molar-refractivity contribution in [2.45, 2.75) is 45.0 Å². The van der Waals surface area contributed by atoms with Crippen LogP contribution in [-0.4, -0.2) is 55.4 Å². The van der Waals surface area contributed by atoms with Gasteiger partial charge in [-0.05, 0) is 32.9 Å². The lowest BCUT2D eigenvalue weighted by atomic mass is 10.2. The molecule has 7 heteroatoms. The summed E-state index contributed by atoms with van der Waals surface area (Å²) in [5.41, 5.74) is 0. The van der Waals surface area contributed by atoms with Gasteiger partial charge in [0.25, 0.3) is 0 Å². The third-order valence-electron chi connectivity index (χ3n) is 3.28. The molecule has 0 bridgehead atoms. The van der Waals surface area contributed by atoms with E-state index in [9.17, 15) is 18.0 Å². The Bertz CT molecular complexity index is 297. The van der Waals surface area contributed by atoms with Crippen LogP contribution in [0.15, 0.2) is 0 Å². The van der Waals surface area contributed by atoms with Crippen molar-refractivity contribution in [1.82, 2.24) is 10.2 Å². The largest absolute Gasteiger partial charge is 0.411 e. The van der Waals surface area contributed by atoms with E-state index in [2.05, 4.69) is 21.9 Å². The van der Waals surface area contributed by atoms with Crippen molar-refractivity contribution in [2.24, 2.45) is 0 Å². The minimum atomic E-state index is -4.40. The molecule has 1 aliphatic heterocycles. The maximum atomic E-state index is 11.9. The van der Waals surface area contributed by atoms with Gasteiger partial charge in [0.1, 0.15) is 12.7 Å². The van der Waals surface area contributed by atoms with E-state index in [1.807, 2.05) is 0 Å². The van der Waals surface area contributed by atoms with Crippen molar-refractivity contribution in [3.8, 4) is 0 Å². The number of ether oxygens (including phenoxy) is 1. The first kappa shape index (κ1) is 16.2. The number of carbonyl (C=O) groups is 1. The fourth-order valence-electron chi connectivity index (χ4n) is 2.20. The fourth-order valence-corrected chi connectivity index (χ4v) is 2.20. The maximum absolute atomic E-state index is 11.9. The van der Waals surface area contributed by atoms with E-state index in [0.29, 0.717) is 6.54 Å². The Morgan fingerprint density at radius 1 is 1.53 bits per heavy atom. The molecule has 1 aliphatic rings. The van der Waals surface area contributed by atoms with Crippen molar-refractivity contribution in [3.63, 3.8) is 0 Å². The predicted molar refractivity (Wildman–Crippen MR) is 64.7 cm³/mol. The van der Waals surface area contributed by atoms with Crippen LogP contribution in [0.1, 0.15) is 26.7 Å². The van der Waals surface area contributed by atoms with E-state index >= 15 is 0 Å². The van der Waals surface area contributed by atoms with Gasteiger partial charge in [-0.25, -0.2) is 0 Å². The van der Waals surface area contributed by atoms with Crippen molar-refractivity contribution in [3.05, 3.63) is 0 Å². The van der Waals surface area contributed by atoms with Crippen molar-refractivity contribution < 1.29 is 22.7 Å². The second-order valence-electron chi connectivity index (χ2n) is 4.74. The summed E-state index contributed by atoms with van der Waals surface area (Å²) >= 11 is 0. The molecule has 0 aromatic carbocycles. The van der Waals surface area contributed by atoms with E-state index in [1.54, 1.807) is 0 Å². The number of halogens is 3. The Balaban J connectivity index is 2.26. The zero-order chi connectivity index (χ0) is 14.5. The summed E-state index contributed by atoms with van der Waals surface area (Å²) < 4.78 is 40.3. The van der Waals surface area contributed by atoms with Crippen molar-refractivity contribution in [1.29, 1.82) is 0 Å². The molecule has 2 atom stereocenters. The van der Waals surface area contributed by atoms with Crippen LogP contribution < -0.4 is 5.32 Å². The van der Waals surface area contributed by atoms with Gasteiger partial charge in [-0.1, -0.05) is 6.92 Å². The monoisotopic (exact) mass is 282 g/mol. The van der Waals surface area contributed by atoms with E-state index in [1.165, 1.54) is 6.92 Å². The van der Waals surface area contributed by atoms with Crippen molar-refractivity contribution >= 4 is 5.91 Å². The Morgan fingerprint density at radius 3 is 2.79 bits per heavy atom. The molecule has 0 aromatic heterocycles. The minimum Gasteiger partial charge on any atom is -0.359 e. The minimum absolute atomic E-state index is 0.281. The van der Waals surface area contributed by atoms with Crippen LogP contribution in [0, 0.1) is 0 Å². The highest BCUT2D eigenvalue weighted by Gasteiger charge is 2.30. The molecule has 0 unspecified atom stereocenters. The van der Waals surface area contributed by atoms with Gasteiger partial charge in [0, 0.05) is 12.6 Å². The summed E-state index contributed by atoms with van der Waals surface area (Å²) in [6, 6.07) is 0.281. The van der Waals surface area contributed by atoms with Crippen LogP contribution in [0.5, 0.6) is 0 Å². The Labute approximate surface area is 111 Å². The molecule has 1 saturated heterocycles. The number of alkyl halides is 3. The zero-order valence-electron chi connectivity index (χ0n) is 11.3. The smallest absolute Gasteiger partial charge is 0.359 e. The highest BCUT2D eigenvalue weighted by molar-refractivity contribution is 5.80. The Hall–Kier alpha value is -0.820. The molecular weight excluding hydrogens is 261 g/mol. The lowest BCUT2D eigenvalue weighted by Crippen LogP contribution is -2.44. The number of hydrogen-bond donors (Lipinski definition) is 1. The molecule has 1 fully saturated rings. The summed E-state index contributed by atoms with van der Waals surface area (Å²) in [6.07, 6.45) is -3.39. The lowest BCUT2D eigenvalue weighted by Gasteiger charge is -2.23. The van der Waals surface area contributed by atoms with Crippen molar-refractivity contribution in [2.75, 3.05) is 26.2 Å². The van der Waals surface area contributed by atoms with Crippen LogP contribution >= 0.6 is 0 Å². The second kappa shape index (κ2) is 7.09. The van der Waals surface area contributed by atoms with Crippen LogP contribution in [0.3, 0.4) is 0 Å². The second-order valence-corrected chi connectivity index (χ2v) is 4.74. The topological polar surface area (TPSA) is 41.6 Å². The van der Waals surface area contributed by atoms with Crippen LogP contribution in [0.2, 0.25) is 0 Å². The molecule has 0 radical (unpaired) electrons. The van der Waals surface area contributed by atoms with E-state index in [-0.39, 0.29) is 6.04 Å². The molecule has 19 heavy (non-hydrogen) atoms. The Kier molecular flexibility index (Phi) is 6.06. The summed E-state index contributed by atoms with van der Waals surface area (Å²) in [5, 5.41) is 2.65. The number of carbonyl (C=O) groups excluding carboxylic acids is 1. The summed E-state index contributed by atoms with van der Waals surface area (Å²) in [6.45, 7) is 4.37. The van der Waals surface area contributed by atoms with Crippen LogP contribution in [0.25, 0.3) is 0 Å². The highest BCUT2D eigenvalue weighted by Crippen LogP contribution is 2.16. The molecule has 1 rings (SSSR count). The molecule has 1 heterocycles. The Morgan fingerprint density at radius 2 is 2.21 bits per heavy atom. The van der Waals surface area contributed by atoms with Crippen LogP contribution in [-0.2, 0) is 9.53 Å². The average Bonchev–Trinajstić information content (AvgIpc) is 2.79. The molecule has 0 saturated carbocycles. The zero-order valence-corrected chi connectivity index (χ0v) is 11.3. The summed E-state index contributed by atoms with van der Waals surface area (Å²) in [7, 11) is 0. The van der Waals surface area contributed by atoms with E-state index < -0.39 is 24.8 Å². The van der Waals surface area contributed by atoms with E-state index in [4.69, 9.17) is 0 Å². The van der Waals surface area contributed by atoms with Gasteiger partial charge in [-0.2, -0.15) is 13.2 Å². The molecule has 0 spiro atoms. The molecule has 0 aliphatic carbocycles. The number of likely N-dealkylation sites (tertiary alicyclic amines) is 1. The quantitative estimate of drug-likeness (QED) is 0.804. The first-order valence-corrected chi connectivity index (χ1v) is 6.53. The summed E-state index contributed by atoms with van der Waals surface area (Å²) in [5.74, 6) is -0.493. The average molecular weight is 282 g/mol. The number of likely N-dealkylation sites (N-methyl/N-ethyl adjacent to an activating group) is 1. The highest BCUT2D eigenvalue weighted by atomic mass is 19.4. The van der Waals surface area contributed by atoms with Gasteiger partial charge in [0.05, 0.1) is 0 Å². The van der Waals surface area contributed by atoms with E-state index in [0.717, 1.165) is 25.9 Å². The number of nitrogens with zero attached hydrogens (tertiary/aromatic N) is 1. The van der Waals surface area contributed by atoms with Gasteiger partial charge in [-0.15, -0.1) is 0 Å². The number of nitrogens with one attached hydrogen (secondary N) is 1. The normalized spacial score (nSPS) is 22.5. The van der Waals surface area contributed by atoms with Gasteiger partial charge in [-0.3, -0.25) is 9.69 Å². The van der Waals surface area contributed by atoms with Gasteiger partial charge >= 0.3 is 6.18 Å². The van der Waals surface area contributed by atoms with Gasteiger partial charge in [0.15, 0.2) is 0 Å². The number of rotatable bonds is 6. The van der Waals surface area contributed by atoms with Gasteiger partial charge in [0.2, 0.25) is 5.91 Å². The molecule has 0 aromatic rings. The predicted octanol–water partition coefficient (Wildman–Crippen LogP) is 1.55. The molecule has 4 nitrogen and oxygen atoms in total. The first-order valence-electron chi connectivity index (χ1n) is 6.53. The molecule has 112 valence electrons. The standard InChI is InChI=1S/C12H21F3N2O2/c1-3-17-6-4-5-10(17)7-16-11(18)9(2)19-8-12(13,14)15/h9-10H,3-8H2,1-2H3,(H,16,18)/t9-,10-/m1/s1. The van der Waals surface area contributed by atoms with Gasteiger partial charge < -0.3 is 10.1 Å².